The predicted octanol–water partition coefficient (Wildman–Crippen LogP) is 2.75. The average Bonchev–Trinajstić information content (AvgIpc) is 3.24. The third kappa shape index (κ3) is 4.65. The summed E-state index contributed by atoms with van der Waals surface area (Å²) in [6.45, 7) is 0.190. The summed E-state index contributed by atoms with van der Waals surface area (Å²) in [6.07, 6.45) is -1.21. The fourth-order valence-corrected chi connectivity index (χ4v) is 3.75. The number of H-pyrrole nitrogens is 1. The molecule has 0 bridgehead atoms. The number of halogens is 4. The van der Waals surface area contributed by atoms with Gasteiger partial charge in [-0.25, -0.2) is 27.8 Å². The number of amides is 1. The molecular weight excluding hydrogens is 470 g/mol. The molecule has 2 aromatic heterocycles. The Bertz CT molecular complexity index is 1340. The normalized spacial score (nSPS) is 14.2. The maximum atomic E-state index is 14.2. The van der Waals surface area contributed by atoms with E-state index < -0.39 is 39.1 Å². The van der Waals surface area contributed by atoms with Gasteiger partial charge in [0.05, 0.1) is 17.8 Å². The van der Waals surface area contributed by atoms with Gasteiger partial charge in [-0.3, -0.25) is 4.79 Å². The Morgan fingerprint density at radius 3 is 2.64 bits per heavy atom. The minimum Gasteiger partial charge on any atom is -0.436 e. The van der Waals surface area contributed by atoms with E-state index in [1.54, 1.807) is 0 Å². The van der Waals surface area contributed by atoms with Gasteiger partial charge in [-0.15, -0.1) is 0 Å². The summed E-state index contributed by atoms with van der Waals surface area (Å²) in [5.74, 6) is -2.20. The molecule has 0 fully saturated rings. The number of nitrogens with zero attached hydrogens (tertiary/aromatic N) is 4. The highest BCUT2D eigenvalue weighted by atomic mass is 32.2. The lowest BCUT2D eigenvalue weighted by Gasteiger charge is -2.28. The number of hydrogen-bond acceptors (Lipinski definition) is 7. The molecule has 0 saturated carbocycles. The van der Waals surface area contributed by atoms with Crippen LogP contribution >= 0.6 is 0 Å². The third-order valence-corrected chi connectivity index (χ3v) is 5.76. The molecule has 0 saturated heterocycles. The van der Waals surface area contributed by atoms with E-state index in [1.165, 1.54) is 11.1 Å². The first-order valence-corrected chi connectivity index (χ1v) is 11.2. The molecule has 0 aliphatic carbocycles. The van der Waals surface area contributed by atoms with Crippen LogP contribution in [-0.4, -0.2) is 52.0 Å². The van der Waals surface area contributed by atoms with E-state index in [4.69, 9.17) is 4.74 Å². The molecule has 1 N–H and O–H groups in total. The summed E-state index contributed by atoms with van der Waals surface area (Å²) in [5, 5.41) is -0.333. The molecule has 0 radical (unpaired) electrons. The zero-order valence-electron chi connectivity index (χ0n) is 16.9. The quantitative estimate of drug-likeness (QED) is 0.565. The number of carbonyl (C=O) groups is 1. The van der Waals surface area contributed by atoms with Crippen molar-refractivity contribution in [3.05, 3.63) is 59.1 Å². The highest BCUT2D eigenvalue weighted by molar-refractivity contribution is 7.90. The molecule has 33 heavy (non-hydrogen) atoms. The zero-order chi connectivity index (χ0) is 24.0. The molecule has 1 amide bonds. The van der Waals surface area contributed by atoms with Gasteiger partial charge in [0.1, 0.15) is 12.0 Å². The van der Waals surface area contributed by atoms with E-state index in [0.29, 0.717) is 23.4 Å². The lowest BCUT2D eigenvalue weighted by Crippen LogP contribution is -2.37. The summed E-state index contributed by atoms with van der Waals surface area (Å²) in [7, 11) is -3.61. The number of hydrogen-bond donors (Lipinski definition) is 1. The molecule has 0 spiro atoms. The number of benzene rings is 1. The van der Waals surface area contributed by atoms with Gasteiger partial charge in [-0.2, -0.15) is 13.2 Å². The van der Waals surface area contributed by atoms with Crippen LogP contribution in [0.25, 0.3) is 0 Å². The topological polar surface area (TPSA) is 118 Å². The maximum absolute atomic E-state index is 14.2. The van der Waals surface area contributed by atoms with Gasteiger partial charge in [-0.1, -0.05) is 0 Å². The van der Waals surface area contributed by atoms with Crippen molar-refractivity contribution in [3.8, 4) is 11.6 Å². The number of carbonyl (C=O) groups excluding carboxylic acids is 1. The lowest BCUT2D eigenvalue weighted by atomic mass is 10.1. The molecule has 4 rings (SSSR count). The van der Waals surface area contributed by atoms with E-state index in [1.807, 2.05) is 0 Å². The highest BCUT2D eigenvalue weighted by Crippen LogP contribution is 2.34. The van der Waals surface area contributed by atoms with Crippen molar-refractivity contribution in [2.75, 3.05) is 12.8 Å². The van der Waals surface area contributed by atoms with Crippen LogP contribution in [0.5, 0.6) is 11.6 Å². The third-order valence-electron chi connectivity index (χ3n) is 4.85. The van der Waals surface area contributed by atoms with E-state index in [-0.39, 0.29) is 36.2 Å². The number of aromatic nitrogens is 4. The number of alkyl halides is 3. The van der Waals surface area contributed by atoms with Crippen molar-refractivity contribution in [1.29, 1.82) is 0 Å². The predicted molar refractivity (Wildman–Crippen MR) is 104 cm³/mol. The van der Waals surface area contributed by atoms with Crippen molar-refractivity contribution in [1.82, 2.24) is 24.8 Å². The van der Waals surface area contributed by atoms with Crippen molar-refractivity contribution in [2.45, 2.75) is 24.3 Å². The molecule has 3 aromatic rings. The van der Waals surface area contributed by atoms with Gasteiger partial charge >= 0.3 is 6.18 Å². The number of nitrogens with one attached hydrogen (secondary N) is 1. The first-order chi connectivity index (χ1) is 15.4. The summed E-state index contributed by atoms with van der Waals surface area (Å²) in [5.41, 5.74) is -0.370. The molecule has 3 heterocycles. The van der Waals surface area contributed by atoms with Crippen molar-refractivity contribution >= 4 is 15.7 Å². The van der Waals surface area contributed by atoms with Gasteiger partial charge in [-0.05, 0) is 24.6 Å². The van der Waals surface area contributed by atoms with E-state index in [9.17, 15) is 30.8 Å². The largest absolute Gasteiger partial charge is 0.436 e. The van der Waals surface area contributed by atoms with Crippen molar-refractivity contribution in [2.24, 2.45) is 0 Å². The number of rotatable bonds is 4. The molecule has 14 heteroatoms. The number of aromatic amines is 1. The second kappa shape index (κ2) is 8.10. The molecule has 174 valence electrons. The molecule has 1 aliphatic heterocycles. The van der Waals surface area contributed by atoms with Crippen LogP contribution in [0, 0.1) is 5.82 Å². The monoisotopic (exact) mass is 485 g/mol. The Hall–Kier alpha value is -3.55. The smallest absolute Gasteiger partial charge is 0.416 e. The Morgan fingerprint density at radius 1 is 1.24 bits per heavy atom. The first kappa shape index (κ1) is 22.6. The van der Waals surface area contributed by atoms with Crippen LogP contribution in [0.1, 0.15) is 27.3 Å². The van der Waals surface area contributed by atoms with Crippen LogP contribution in [0.3, 0.4) is 0 Å². The molecule has 0 atom stereocenters. The molecule has 0 unspecified atom stereocenters. The van der Waals surface area contributed by atoms with Gasteiger partial charge in [0.25, 0.3) is 5.91 Å². The first-order valence-electron chi connectivity index (χ1n) is 9.35. The fraction of sp³-hybridized carbons (Fsp3) is 0.263. The van der Waals surface area contributed by atoms with Gasteiger partial charge in [0.2, 0.25) is 20.9 Å². The van der Waals surface area contributed by atoms with Crippen molar-refractivity contribution in [3.63, 3.8) is 0 Å². The highest BCUT2D eigenvalue weighted by Gasteiger charge is 2.32. The van der Waals surface area contributed by atoms with Gasteiger partial charge in [0.15, 0.2) is 11.6 Å². The van der Waals surface area contributed by atoms with Crippen molar-refractivity contribution < 1.29 is 35.5 Å². The van der Waals surface area contributed by atoms with Crippen LogP contribution in [0.15, 0.2) is 35.9 Å². The number of ether oxygens (including phenoxy) is 1. The summed E-state index contributed by atoms with van der Waals surface area (Å²) in [4.78, 5) is 28.4. The van der Waals surface area contributed by atoms with Crippen LogP contribution < -0.4 is 4.74 Å². The molecule has 9 nitrogen and oxygen atoms in total. The fourth-order valence-electron chi connectivity index (χ4n) is 3.22. The van der Waals surface area contributed by atoms with E-state index >= 15 is 0 Å². The summed E-state index contributed by atoms with van der Waals surface area (Å²) >= 11 is 0. The van der Waals surface area contributed by atoms with Crippen LogP contribution in [0.4, 0.5) is 17.6 Å². The molecule has 1 aliphatic rings. The minimum absolute atomic E-state index is 0.0175. The number of imidazole rings is 1. The van der Waals surface area contributed by atoms with Crippen LogP contribution in [0.2, 0.25) is 0 Å². The Kier molecular flexibility index (Phi) is 5.56. The zero-order valence-corrected chi connectivity index (χ0v) is 17.7. The van der Waals surface area contributed by atoms with Gasteiger partial charge in [0, 0.05) is 24.6 Å². The Labute approximate surface area is 184 Å². The SMILES string of the molecule is CS(=O)(=O)c1nc(C(=O)N2CCc3c(ncnc3Oc3ccc(C(F)(F)F)cc3F)C2)c[nH]1. The van der Waals surface area contributed by atoms with E-state index in [2.05, 4.69) is 19.9 Å². The molecular formula is C19H15F4N5O4S. The maximum Gasteiger partial charge on any atom is 0.416 e. The van der Waals surface area contributed by atoms with Gasteiger partial charge < -0.3 is 14.6 Å². The number of sulfone groups is 1. The Balaban J connectivity index is 1.54. The number of fused-ring (bicyclic) bond motifs is 1. The van der Waals surface area contributed by atoms with E-state index in [0.717, 1.165) is 18.6 Å². The Morgan fingerprint density at radius 2 is 2.00 bits per heavy atom. The van der Waals surface area contributed by atoms with Crippen LogP contribution in [-0.2, 0) is 29.0 Å². The standard InChI is InChI=1S/C19H15F4N5O4S/c1-33(30,31)18-24-7-13(27-18)17(29)28-5-4-11-14(8-28)25-9-26-16(11)32-15-3-2-10(6-12(15)20)19(21,22)23/h2-3,6-7,9H,4-5,8H2,1H3,(H,24,27). The summed E-state index contributed by atoms with van der Waals surface area (Å²) in [6, 6.07) is 1.89. The summed E-state index contributed by atoms with van der Waals surface area (Å²) < 4.78 is 80.9. The lowest BCUT2D eigenvalue weighted by molar-refractivity contribution is -0.137. The average molecular weight is 485 g/mol. The second-order valence-corrected chi connectivity index (χ2v) is 9.12. The molecule has 1 aromatic carbocycles. The second-order valence-electron chi connectivity index (χ2n) is 7.19. The minimum atomic E-state index is -4.69.